The minimum Gasteiger partial charge on any atom is -0.507 e. The molecule has 1 aromatic heterocycles. The summed E-state index contributed by atoms with van der Waals surface area (Å²) in [6, 6.07) is 17.3. The molecule has 4 aromatic rings. The van der Waals surface area contributed by atoms with Gasteiger partial charge in [0.15, 0.2) is 17.5 Å². The molecular weight excluding hydrogens is 478 g/mol. The zero-order chi connectivity index (χ0) is 27.2. The summed E-state index contributed by atoms with van der Waals surface area (Å²) in [4.78, 5) is 14.4. The number of aliphatic hydroxyl groups excluding tert-OH is 1. The van der Waals surface area contributed by atoms with Crippen LogP contribution in [-0.2, 0) is 4.74 Å². The molecule has 0 saturated heterocycles. The van der Waals surface area contributed by atoms with Crippen LogP contribution in [0.5, 0.6) is 11.5 Å². The molecule has 7 nitrogen and oxygen atoms in total. The van der Waals surface area contributed by atoms with Gasteiger partial charge in [0.05, 0.1) is 12.2 Å². The lowest BCUT2D eigenvalue weighted by atomic mass is 10.0. The van der Waals surface area contributed by atoms with Crippen molar-refractivity contribution in [3.63, 3.8) is 0 Å². The molecule has 4 rings (SSSR count). The number of aromatic nitrogens is 3. The summed E-state index contributed by atoms with van der Waals surface area (Å²) < 4.78 is 11.0. The fourth-order valence-corrected chi connectivity index (χ4v) is 4.26. The lowest BCUT2D eigenvalue weighted by Crippen LogP contribution is -2.23. The molecule has 1 atom stereocenters. The number of aryl methyl sites for hydroxylation is 4. The van der Waals surface area contributed by atoms with Crippen LogP contribution in [0.1, 0.15) is 35.6 Å². The highest BCUT2D eigenvalue weighted by molar-refractivity contribution is 5.72. The normalized spacial score (nSPS) is 11.9. The van der Waals surface area contributed by atoms with E-state index in [0.717, 1.165) is 39.8 Å². The number of phenols is 1. The van der Waals surface area contributed by atoms with Crippen molar-refractivity contribution in [2.45, 2.75) is 47.1 Å². The highest BCUT2D eigenvalue weighted by Crippen LogP contribution is 2.34. The summed E-state index contributed by atoms with van der Waals surface area (Å²) >= 11 is 0. The smallest absolute Gasteiger partial charge is 0.167 e. The first kappa shape index (κ1) is 27.2. The van der Waals surface area contributed by atoms with E-state index in [1.165, 1.54) is 6.07 Å². The summed E-state index contributed by atoms with van der Waals surface area (Å²) in [5, 5.41) is 21.0. The van der Waals surface area contributed by atoms with Gasteiger partial charge in [0, 0.05) is 23.8 Å². The molecular formula is C31H35N3O4. The van der Waals surface area contributed by atoms with Crippen molar-refractivity contribution in [1.29, 1.82) is 0 Å². The van der Waals surface area contributed by atoms with Gasteiger partial charge in [-0.1, -0.05) is 54.4 Å². The van der Waals surface area contributed by atoms with Crippen molar-refractivity contribution < 1.29 is 19.7 Å². The summed E-state index contributed by atoms with van der Waals surface area (Å²) in [6.45, 7) is 11.0. The SMILES string of the molecule is CCCOCC(O)COc1ccc(-c2nc(-c3ccc(C)cc3C)nc(-c3ccc(C)cc3C)n2)c(O)c1. The van der Waals surface area contributed by atoms with Crippen LogP contribution in [0, 0.1) is 27.7 Å². The van der Waals surface area contributed by atoms with E-state index < -0.39 is 6.10 Å². The largest absolute Gasteiger partial charge is 0.507 e. The van der Waals surface area contributed by atoms with Crippen molar-refractivity contribution in [3.8, 4) is 45.7 Å². The van der Waals surface area contributed by atoms with Crippen molar-refractivity contribution in [1.82, 2.24) is 15.0 Å². The number of hydrogen-bond donors (Lipinski definition) is 2. The Kier molecular flexibility index (Phi) is 8.71. The predicted molar refractivity (Wildman–Crippen MR) is 149 cm³/mol. The quantitative estimate of drug-likeness (QED) is 0.252. The number of rotatable bonds is 10. The van der Waals surface area contributed by atoms with Crippen molar-refractivity contribution in [2.75, 3.05) is 19.8 Å². The molecule has 1 unspecified atom stereocenters. The van der Waals surface area contributed by atoms with Gasteiger partial charge < -0.3 is 19.7 Å². The molecule has 2 N–H and O–H groups in total. The van der Waals surface area contributed by atoms with Crippen LogP contribution < -0.4 is 4.74 Å². The Bertz CT molecular complexity index is 1350. The first-order chi connectivity index (χ1) is 18.2. The zero-order valence-electron chi connectivity index (χ0n) is 22.7. The standard InChI is InChI=1S/C31H35N3O4/c1-6-13-37-17-23(35)18-38-24-9-12-27(28(36)16-24)31-33-29(25-10-7-19(2)14-21(25)4)32-30(34-31)26-11-8-20(3)15-22(26)5/h7-12,14-16,23,35-36H,6,13,17-18H2,1-5H3. The minimum absolute atomic E-state index is 0.0245. The summed E-state index contributed by atoms with van der Waals surface area (Å²) in [5.74, 6) is 1.85. The lowest BCUT2D eigenvalue weighted by Gasteiger charge is -2.14. The number of hydrogen-bond acceptors (Lipinski definition) is 7. The van der Waals surface area contributed by atoms with Crippen LogP contribution in [0.15, 0.2) is 54.6 Å². The Labute approximate surface area is 224 Å². The third-order valence-electron chi connectivity index (χ3n) is 6.19. The highest BCUT2D eigenvalue weighted by Gasteiger charge is 2.17. The Morgan fingerprint density at radius 3 is 1.74 bits per heavy atom. The minimum atomic E-state index is -0.757. The molecule has 3 aromatic carbocycles. The summed E-state index contributed by atoms with van der Waals surface area (Å²) in [6.07, 6.45) is 0.128. The molecule has 0 bridgehead atoms. The van der Waals surface area contributed by atoms with Gasteiger partial charge in [-0.3, -0.25) is 0 Å². The van der Waals surface area contributed by atoms with Gasteiger partial charge >= 0.3 is 0 Å². The Morgan fingerprint density at radius 2 is 1.24 bits per heavy atom. The molecule has 0 saturated carbocycles. The monoisotopic (exact) mass is 513 g/mol. The van der Waals surface area contributed by atoms with Crippen LogP contribution in [0.4, 0.5) is 0 Å². The van der Waals surface area contributed by atoms with Crippen molar-refractivity contribution in [2.24, 2.45) is 0 Å². The van der Waals surface area contributed by atoms with E-state index in [9.17, 15) is 10.2 Å². The van der Waals surface area contributed by atoms with Gasteiger partial charge in [0.2, 0.25) is 0 Å². The van der Waals surface area contributed by atoms with E-state index in [0.29, 0.717) is 35.4 Å². The molecule has 0 amide bonds. The van der Waals surface area contributed by atoms with Gasteiger partial charge in [-0.15, -0.1) is 0 Å². The second kappa shape index (κ2) is 12.2. The van der Waals surface area contributed by atoms with E-state index in [1.54, 1.807) is 12.1 Å². The summed E-state index contributed by atoms with van der Waals surface area (Å²) in [5.41, 5.74) is 6.71. The maximum Gasteiger partial charge on any atom is 0.167 e. The lowest BCUT2D eigenvalue weighted by molar-refractivity contribution is 0.0123. The fourth-order valence-electron chi connectivity index (χ4n) is 4.26. The average Bonchev–Trinajstić information content (AvgIpc) is 2.87. The highest BCUT2D eigenvalue weighted by atomic mass is 16.5. The number of ether oxygens (including phenoxy) is 2. The van der Waals surface area contributed by atoms with E-state index in [2.05, 4.69) is 26.0 Å². The Balaban J connectivity index is 1.71. The second-order valence-electron chi connectivity index (χ2n) is 9.66. The zero-order valence-corrected chi connectivity index (χ0v) is 22.7. The first-order valence-corrected chi connectivity index (χ1v) is 12.9. The molecule has 0 radical (unpaired) electrons. The van der Waals surface area contributed by atoms with E-state index in [1.807, 2.05) is 45.0 Å². The average molecular weight is 514 g/mol. The van der Waals surface area contributed by atoms with Crippen LogP contribution in [0.2, 0.25) is 0 Å². The molecule has 0 aliphatic carbocycles. The summed E-state index contributed by atoms with van der Waals surface area (Å²) in [7, 11) is 0. The number of phenolic OH excluding ortho intramolecular Hbond substituents is 1. The molecule has 198 valence electrons. The van der Waals surface area contributed by atoms with Crippen LogP contribution >= 0.6 is 0 Å². The van der Waals surface area contributed by atoms with E-state index in [4.69, 9.17) is 24.4 Å². The third kappa shape index (κ3) is 6.54. The molecule has 7 heteroatoms. The number of aliphatic hydroxyl groups is 1. The fraction of sp³-hybridized carbons (Fsp3) is 0.323. The third-order valence-corrected chi connectivity index (χ3v) is 6.19. The van der Waals surface area contributed by atoms with Crippen molar-refractivity contribution in [3.05, 3.63) is 76.9 Å². The van der Waals surface area contributed by atoms with E-state index in [-0.39, 0.29) is 19.0 Å². The van der Waals surface area contributed by atoms with Gasteiger partial charge in [0.1, 0.15) is 24.2 Å². The number of aromatic hydroxyl groups is 1. The number of nitrogens with zero attached hydrogens (tertiary/aromatic N) is 3. The molecule has 0 fully saturated rings. The molecule has 1 heterocycles. The topological polar surface area (TPSA) is 97.6 Å². The van der Waals surface area contributed by atoms with Crippen LogP contribution in [-0.4, -0.2) is 51.1 Å². The predicted octanol–water partition coefficient (Wildman–Crippen LogP) is 5.98. The van der Waals surface area contributed by atoms with E-state index >= 15 is 0 Å². The van der Waals surface area contributed by atoms with Gasteiger partial charge in [-0.2, -0.15) is 0 Å². The van der Waals surface area contributed by atoms with Gasteiger partial charge in [0.25, 0.3) is 0 Å². The maximum atomic E-state index is 10.9. The Hall–Kier alpha value is -3.81. The van der Waals surface area contributed by atoms with Gasteiger partial charge in [-0.25, -0.2) is 15.0 Å². The van der Waals surface area contributed by atoms with Crippen LogP contribution in [0.25, 0.3) is 34.2 Å². The van der Waals surface area contributed by atoms with Gasteiger partial charge in [-0.05, 0) is 57.4 Å². The number of benzene rings is 3. The molecule has 0 aliphatic heterocycles. The maximum absolute atomic E-state index is 10.9. The van der Waals surface area contributed by atoms with Crippen LogP contribution in [0.3, 0.4) is 0 Å². The molecule has 0 spiro atoms. The van der Waals surface area contributed by atoms with Crippen molar-refractivity contribution >= 4 is 0 Å². The molecule has 38 heavy (non-hydrogen) atoms. The Morgan fingerprint density at radius 1 is 0.711 bits per heavy atom. The molecule has 0 aliphatic rings. The first-order valence-electron chi connectivity index (χ1n) is 12.9. The second-order valence-corrected chi connectivity index (χ2v) is 9.66.